The standard InChI is InChI=1S/C20H22N6/c1-5-14(11-25-22-4)20-12-24-17-7-6-15(8-19(17)26-20)16-9-18(21-3)13(2)23-10-16/h5-12,21-22H,1-4H3/b14-5+,25-11-. The summed E-state index contributed by atoms with van der Waals surface area (Å²) in [4.78, 5) is 13.8. The van der Waals surface area contributed by atoms with Crippen LogP contribution in [-0.4, -0.2) is 35.3 Å². The van der Waals surface area contributed by atoms with Crippen LogP contribution < -0.4 is 10.7 Å². The Morgan fingerprint density at radius 2 is 1.88 bits per heavy atom. The zero-order valence-electron chi connectivity index (χ0n) is 15.4. The Kier molecular flexibility index (Phi) is 5.22. The molecule has 2 aromatic heterocycles. The number of aryl methyl sites for hydroxylation is 1. The van der Waals surface area contributed by atoms with E-state index in [2.05, 4.69) is 31.9 Å². The highest BCUT2D eigenvalue weighted by Crippen LogP contribution is 2.26. The van der Waals surface area contributed by atoms with Crippen molar-refractivity contribution < 1.29 is 0 Å². The summed E-state index contributed by atoms with van der Waals surface area (Å²) in [6.45, 7) is 3.94. The number of hydrogen-bond acceptors (Lipinski definition) is 6. The lowest BCUT2D eigenvalue weighted by Gasteiger charge is -2.09. The van der Waals surface area contributed by atoms with Crippen LogP contribution in [0.3, 0.4) is 0 Å². The van der Waals surface area contributed by atoms with E-state index in [9.17, 15) is 0 Å². The van der Waals surface area contributed by atoms with Crippen molar-refractivity contribution in [3.63, 3.8) is 0 Å². The van der Waals surface area contributed by atoms with Crippen LogP contribution in [0.1, 0.15) is 18.3 Å². The van der Waals surface area contributed by atoms with E-state index in [4.69, 9.17) is 4.98 Å². The van der Waals surface area contributed by atoms with Gasteiger partial charge in [-0.1, -0.05) is 12.1 Å². The summed E-state index contributed by atoms with van der Waals surface area (Å²) in [7, 11) is 3.66. The largest absolute Gasteiger partial charge is 0.387 e. The van der Waals surface area contributed by atoms with Crippen molar-refractivity contribution >= 4 is 28.5 Å². The fraction of sp³-hybridized carbons (Fsp3) is 0.200. The van der Waals surface area contributed by atoms with Crippen molar-refractivity contribution in [2.45, 2.75) is 13.8 Å². The summed E-state index contributed by atoms with van der Waals surface area (Å²) in [5.41, 5.74) is 10.2. The summed E-state index contributed by atoms with van der Waals surface area (Å²) < 4.78 is 0. The van der Waals surface area contributed by atoms with Crippen LogP contribution in [0.5, 0.6) is 0 Å². The lowest BCUT2D eigenvalue weighted by atomic mass is 10.1. The fourth-order valence-corrected chi connectivity index (χ4v) is 2.70. The molecule has 0 amide bonds. The van der Waals surface area contributed by atoms with Crippen LogP contribution in [0.25, 0.3) is 27.7 Å². The van der Waals surface area contributed by atoms with E-state index in [0.29, 0.717) is 0 Å². The van der Waals surface area contributed by atoms with Gasteiger partial charge in [-0.25, -0.2) is 4.98 Å². The first-order chi connectivity index (χ1) is 12.7. The Labute approximate surface area is 153 Å². The molecule has 0 aliphatic heterocycles. The third-order valence-electron chi connectivity index (χ3n) is 4.17. The molecule has 6 nitrogen and oxygen atoms in total. The predicted octanol–water partition coefficient (Wildman–Crippen LogP) is 3.65. The van der Waals surface area contributed by atoms with Gasteiger partial charge in [0, 0.05) is 31.4 Å². The number of aromatic nitrogens is 3. The Bertz CT molecular complexity index is 991. The van der Waals surface area contributed by atoms with Gasteiger partial charge in [0.2, 0.25) is 0 Å². The Hall–Kier alpha value is -3.28. The molecule has 1 aromatic carbocycles. The van der Waals surface area contributed by atoms with E-state index in [-0.39, 0.29) is 0 Å². The number of benzene rings is 1. The van der Waals surface area contributed by atoms with Crippen molar-refractivity contribution in [2.75, 3.05) is 19.4 Å². The van der Waals surface area contributed by atoms with E-state index in [1.165, 1.54) is 0 Å². The third kappa shape index (κ3) is 3.54. The quantitative estimate of drug-likeness (QED) is 0.545. The van der Waals surface area contributed by atoms with Gasteiger partial charge in [-0.05, 0) is 37.6 Å². The van der Waals surface area contributed by atoms with E-state index < -0.39 is 0 Å². The first-order valence-electron chi connectivity index (χ1n) is 8.44. The second kappa shape index (κ2) is 7.74. The van der Waals surface area contributed by atoms with Gasteiger partial charge in [-0.15, -0.1) is 0 Å². The number of fused-ring (bicyclic) bond motifs is 1. The van der Waals surface area contributed by atoms with Gasteiger partial charge in [-0.3, -0.25) is 9.97 Å². The SMILES string of the molecule is C/C=C(\C=N/NC)c1cnc2ccc(-c3cnc(C)c(NC)c3)cc2n1. The number of hydrogen-bond donors (Lipinski definition) is 2. The molecule has 0 radical (unpaired) electrons. The summed E-state index contributed by atoms with van der Waals surface area (Å²) in [5, 5.41) is 7.24. The van der Waals surface area contributed by atoms with Gasteiger partial charge in [-0.2, -0.15) is 5.10 Å². The van der Waals surface area contributed by atoms with Gasteiger partial charge >= 0.3 is 0 Å². The molecule has 26 heavy (non-hydrogen) atoms. The van der Waals surface area contributed by atoms with Gasteiger partial charge in [0.15, 0.2) is 0 Å². The maximum atomic E-state index is 4.76. The molecule has 132 valence electrons. The monoisotopic (exact) mass is 346 g/mol. The van der Waals surface area contributed by atoms with Crippen LogP contribution >= 0.6 is 0 Å². The second-order valence-electron chi connectivity index (χ2n) is 5.79. The maximum absolute atomic E-state index is 4.76. The van der Waals surface area contributed by atoms with E-state index in [1.54, 1.807) is 19.5 Å². The molecule has 3 rings (SSSR count). The molecule has 0 fully saturated rings. The normalized spacial score (nSPS) is 11.9. The van der Waals surface area contributed by atoms with Crippen LogP contribution in [0.2, 0.25) is 0 Å². The van der Waals surface area contributed by atoms with Crippen LogP contribution in [0.15, 0.2) is 47.8 Å². The minimum Gasteiger partial charge on any atom is -0.387 e. The number of allylic oxidation sites excluding steroid dienone is 2. The lowest BCUT2D eigenvalue weighted by Crippen LogP contribution is -1.98. The van der Waals surface area contributed by atoms with Crippen molar-refractivity contribution in [2.24, 2.45) is 5.10 Å². The Balaban J connectivity index is 2.06. The molecule has 0 saturated carbocycles. The van der Waals surface area contributed by atoms with Crippen molar-refractivity contribution in [3.8, 4) is 11.1 Å². The Morgan fingerprint density at radius 1 is 1.04 bits per heavy atom. The molecule has 0 aliphatic rings. The van der Waals surface area contributed by atoms with Crippen molar-refractivity contribution in [3.05, 3.63) is 54.1 Å². The smallest absolute Gasteiger partial charge is 0.0905 e. The topological polar surface area (TPSA) is 75.1 Å². The van der Waals surface area contributed by atoms with Crippen molar-refractivity contribution in [1.82, 2.24) is 20.4 Å². The zero-order chi connectivity index (χ0) is 18.5. The molecule has 3 aromatic rings. The number of pyridine rings is 1. The molecular weight excluding hydrogens is 324 g/mol. The molecule has 0 unspecified atom stereocenters. The number of hydrazone groups is 1. The first-order valence-corrected chi connectivity index (χ1v) is 8.44. The third-order valence-corrected chi connectivity index (χ3v) is 4.17. The molecule has 0 aliphatic carbocycles. The van der Waals surface area contributed by atoms with Crippen LogP contribution in [0.4, 0.5) is 5.69 Å². The predicted molar refractivity (Wildman–Crippen MR) is 108 cm³/mol. The molecule has 0 bridgehead atoms. The van der Waals surface area contributed by atoms with Crippen LogP contribution in [0, 0.1) is 6.92 Å². The van der Waals surface area contributed by atoms with Gasteiger partial charge in [0.1, 0.15) is 0 Å². The van der Waals surface area contributed by atoms with Gasteiger partial charge < -0.3 is 10.7 Å². The maximum Gasteiger partial charge on any atom is 0.0905 e. The fourth-order valence-electron chi connectivity index (χ4n) is 2.70. The van der Waals surface area contributed by atoms with Gasteiger partial charge in [0.25, 0.3) is 0 Å². The summed E-state index contributed by atoms with van der Waals surface area (Å²) in [6, 6.07) is 8.16. The number of nitrogens with zero attached hydrogens (tertiary/aromatic N) is 4. The van der Waals surface area contributed by atoms with Crippen LogP contribution in [-0.2, 0) is 0 Å². The summed E-state index contributed by atoms with van der Waals surface area (Å²) in [6.07, 6.45) is 7.35. The lowest BCUT2D eigenvalue weighted by molar-refractivity contribution is 0.909. The summed E-state index contributed by atoms with van der Waals surface area (Å²) in [5.74, 6) is 0. The average molecular weight is 346 g/mol. The number of rotatable bonds is 5. The highest BCUT2D eigenvalue weighted by atomic mass is 15.3. The van der Waals surface area contributed by atoms with Crippen molar-refractivity contribution in [1.29, 1.82) is 0 Å². The van der Waals surface area contributed by atoms with E-state index in [1.807, 2.05) is 51.4 Å². The second-order valence-corrected chi connectivity index (χ2v) is 5.79. The molecular formula is C20H22N6. The van der Waals surface area contributed by atoms with Gasteiger partial charge in [0.05, 0.1) is 40.5 Å². The molecule has 0 atom stereocenters. The zero-order valence-corrected chi connectivity index (χ0v) is 15.4. The van der Waals surface area contributed by atoms with E-state index in [0.717, 1.165) is 44.8 Å². The summed E-state index contributed by atoms with van der Waals surface area (Å²) >= 11 is 0. The number of nitrogens with one attached hydrogen (secondary N) is 2. The van der Waals surface area contributed by atoms with E-state index >= 15 is 0 Å². The Morgan fingerprint density at radius 3 is 2.62 bits per heavy atom. The minimum absolute atomic E-state index is 0.786. The molecule has 0 saturated heterocycles. The first kappa shape index (κ1) is 17.5. The number of anilines is 1. The minimum atomic E-state index is 0.786. The molecule has 2 N–H and O–H groups in total. The highest BCUT2D eigenvalue weighted by molar-refractivity contribution is 6.09. The molecule has 6 heteroatoms. The highest BCUT2D eigenvalue weighted by Gasteiger charge is 2.07. The average Bonchev–Trinajstić information content (AvgIpc) is 2.68. The molecule has 2 heterocycles. The molecule has 0 spiro atoms.